The number of anilines is 1. The summed E-state index contributed by atoms with van der Waals surface area (Å²) in [6.07, 6.45) is 1.81. The summed E-state index contributed by atoms with van der Waals surface area (Å²) in [5.41, 5.74) is 1.62. The summed E-state index contributed by atoms with van der Waals surface area (Å²) in [7, 11) is -3.52. The monoisotopic (exact) mass is 443 g/mol. The number of fused-ring (bicyclic) bond motifs is 1. The number of sulfonamides is 1. The van der Waals surface area contributed by atoms with Crippen molar-refractivity contribution in [1.82, 2.24) is 8.87 Å². The van der Waals surface area contributed by atoms with Crippen molar-refractivity contribution in [2.75, 3.05) is 18.4 Å². The first-order valence-corrected chi connectivity index (χ1v) is 11.8. The summed E-state index contributed by atoms with van der Waals surface area (Å²) >= 11 is 0. The van der Waals surface area contributed by atoms with Crippen LogP contribution in [0.4, 0.5) is 5.69 Å². The van der Waals surface area contributed by atoms with E-state index in [0.717, 1.165) is 12.8 Å². The van der Waals surface area contributed by atoms with Gasteiger partial charge in [-0.05, 0) is 55.2 Å². The number of hydrogen-bond acceptors (Lipinski definition) is 5. The van der Waals surface area contributed by atoms with E-state index in [2.05, 4.69) is 12.2 Å². The second-order valence-electron chi connectivity index (χ2n) is 7.90. The third-order valence-electron chi connectivity index (χ3n) is 5.65. The Morgan fingerprint density at radius 3 is 2.48 bits per heavy atom. The minimum absolute atomic E-state index is 0.0788. The highest BCUT2D eigenvalue weighted by Crippen LogP contribution is 2.24. The molecular formula is C22H25N3O5S. The molecule has 0 saturated carbocycles. The number of oxazole rings is 1. The standard InChI is InChI=1S/C22H25N3O5S/c1-16-10-13-24(14-11-16)31(28,29)18-8-6-17(7-9-18)23-21(26)12-15-25-19-4-2-3-5-20(19)30-22(25)27/h2-9,16H,10-15H2,1H3,(H,23,26). The molecule has 0 atom stereocenters. The van der Waals surface area contributed by atoms with Crippen molar-refractivity contribution in [3.63, 3.8) is 0 Å². The zero-order valence-electron chi connectivity index (χ0n) is 17.3. The number of para-hydroxylation sites is 2. The lowest BCUT2D eigenvalue weighted by molar-refractivity contribution is -0.116. The van der Waals surface area contributed by atoms with E-state index in [4.69, 9.17) is 4.42 Å². The predicted molar refractivity (Wildman–Crippen MR) is 117 cm³/mol. The molecule has 0 spiro atoms. The minimum atomic E-state index is -3.52. The van der Waals surface area contributed by atoms with Gasteiger partial charge in [-0.25, -0.2) is 13.2 Å². The van der Waals surface area contributed by atoms with Crippen LogP contribution in [0.25, 0.3) is 11.1 Å². The van der Waals surface area contributed by atoms with Gasteiger partial charge in [0.2, 0.25) is 15.9 Å². The van der Waals surface area contributed by atoms with Crippen LogP contribution in [0.2, 0.25) is 0 Å². The second-order valence-corrected chi connectivity index (χ2v) is 9.83. The lowest BCUT2D eigenvalue weighted by Gasteiger charge is -2.29. The fourth-order valence-corrected chi connectivity index (χ4v) is 5.22. The number of carbonyl (C=O) groups excluding carboxylic acids is 1. The van der Waals surface area contributed by atoms with Crippen molar-refractivity contribution in [2.24, 2.45) is 5.92 Å². The van der Waals surface area contributed by atoms with E-state index in [0.29, 0.717) is 35.8 Å². The summed E-state index contributed by atoms with van der Waals surface area (Å²) < 4.78 is 33.7. The maximum absolute atomic E-state index is 12.8. The van der Waals surface area contributed by atoms with E-state index in [1.807, 2.05) is 0 Å². The number of piperidine rings is 1. The van der Waals surface area contributed by atoms with Crippen molar-refractivity contribution >= 4 is 32.7 Å². The van der Waals surface area contributed by atoms with E-state index in [-0.39, 0.29) is 23.8 Å². The molecule has 4 rings (SSSR count). The molecule has 1 amide bonds. The first kappa shape index (κ1) is 21.3. The molecule has 1 aromatic heterocycles. The normalized spacial score (nSPS) is 15.9. The maximum atomic E-state index is 12.8. The lowest BCUT2D eigenvalue weighted by Crippen LogP contribution is -2.37. The number of aromatic nitrogens is 1. The molecule has 0 radical (unpaired) electrons. The molecule has 1 saturated heterocycles. The number of carbonyl (C=O) groups is 1. The first-order valence-electron chi connectivity index (χ1n) is 10.3. The van der Waals surface area contributed by atoms with Gasteiger partial charge in [-0.1, -0.05) is 19.1 Å². The van der Waals surface area contributed by atoms with Gasteiger partial charge in [0.1, 0.15) is 0 Å². The highest BCUT2D eigenvalue weighted by molar-refractivity contribution is 7.89. The summed E-state index contributed by atoms with van der Waals surface area (Å²) in [6, 6.07) is 13.2. The molecule has 164 valence electrons. The Balaban J connectivity index is 1.38. The molecular weight excluding hydrogens is 418 g/mol. The SMILES string of the molecule is CC1CCN(S(=O)(=O)c2ccc(NC(=O)CCn3c(=O)oc4ccccc43)cc2)CC1. The molecule has 9 heteroatoms. The van der Waals surface area contributed by atoms with Crippen LogP contribution in [0, 0.1) is 5.92 Å². The van der Waals surface area contributed by atoms with Gasteiger partial charge in [-0.15, -0.1) is 0 Å². The number of aryl methyl sites for hydroxylation is 1. The molecule has 0 bridgehead atoms. The summed E-state index contributed by atoms with van der Waals surface area (Å²) in [4.78, 5) is 24.5. The fraction of sp³-hybridized carbons (Fsp3) is 0.364. The van der Waals surface area contributed by atoms with Crippen molar-refractivity contribution in [3.8, 4) is 0 Å². The topological polar surface area (TPSA) is 102 Å². The fourth-order valence-electron chi connectivity index (χ4n) is 3.75. The van der Waals surface area contributed by atoms with Gasteiger partial charge in [0, 0.05) is 31.7 Å². The maximum Gasteiger partial charge on any atom is 0.419 e. The van der Waals surface area contributed by atoms with Crippen LogP contribution in [0.3, 0.4) is 0 Å². The predicted octanol–water partition coefficient (Wildman–Crippen LogP) is 3.04. The number of rotatable bonds is 6. The van der Waals surface area contributed by atoms with Gasteiger partial charge >= 0.3 is 5.76 Å². The van der Waals surface area contributed by atoms with E-state index < -0.39 is 15.8 Å². The van der Waals surface area contributed by atoms with E-state index >= 15 is 0 Å². The van der Waals surface area contributed by atoms with Crippen LogP contribution in [0.15, 0.2) is 62.6 Å². The van der Waals surface area contributed by atoms with Gasteiger partial charge in [0.25, 0.3) is 0 Å². The second kappa shape index (κ2) is 8.68. The summed E-state index contributed by atoms with van der Waals surface area (Å²) in [5.74, 6) is -0.242. The molecule has 1 fully saturated rings. The van der Waals surface area contributed by atoms with Gasteiger partial charge in [0.15, 0.2) is 5.58 Å². The molecule has 31 heavy (non-hydrogen) atoms. The Morgan fingerprint density at radius 1 is 1.10 bits per heavy atom. The number of amides is 1. The number of nitrogens with one attached hydrogen (secondary N) is 1. The average molecular weight is 444 g/mol. The van der Waals surface area contributed by atoms with Crippen LogP contribution in [-0.2, 0) is 21.4 Å². The van der Waals surface area contributed by atoms with Crippen LogP contribution >= 0.6 is 0 Å². The molecule has 8 nitrogen and oxygen atoms in total. The molecule has 0 aliphatic carbocycles. The zero-order chi connectivity index (χ0) is 22.0. The van der Waals surface area contributed by atoms with Crippen molar-refractivity contribution in [1.29, 1.82) is 0 Å². The van der Waals surface area contributed by atoms with Crippen molar-refractivity contribution in [2.45, 2.75) is 37.6 Å². The van der Waals surface area contributed by atoms with Crippen LogP contribution in [-0.4, -0.2) is 36.3 Å². The van der Waals surface area contributed by atoms with Crippen molar-refractivity contribution < 1.29 is 17.6 Å². The van der Waals surface area contributed by atoms with Gasteiger partial charge in [0.05, 0.1) is 10.4 Å². The number of benzene rings is 2. The Hall–Kier alpha value is -2.91. The van der Waals surface area contributed by atoms with Crippen LogP contribution in [0.1, 0.15) is 26.2 Å². The quantitative estimate of drug-likeness (QED) is 0.631. The molecule has 1 N–H and O–H groups in total. The van der Waals surface area contributed by atoms with Crippen LogP contribution in [0.5, 0.6) is 0 Å². The third-order valence-corrected chi connectivity index (χ3v) is 7.57. The third kappa shape index (κ3) is 4.57. The van der Waals surface area contributed by atoms with Crippen molar-refractivity contribution in [3.05, 3.63) is 59.1 Å². The zero-order valence-corrected chi connectivity index (χ0v) is 18.1. The van der Waals surface area contributed by atoms with Gasteiger partial charge < -0.3 is 9.73 Å². The Kier molecular flexibility index (Phi) is 5.97. The first-order chi connectivity index (χ1) is 14.8. The van der Waals surface area contributed by atoms with Gasteiger partial charge in [-0.2, -0.15) is 4.31 Å². The molecule has 1 aliphatic rings. The van der Waals surface area contributed by atoms with Crippen LogP contribution < -0.4 is 11.1 Å². The number of nitrogens with zero attached hydrogens (tertiary/aromatic N) is 2. The molecule has 3 aromatic rings. The smallest absolute Gasteiger partial charge is 0.408 e. The molecule has 0 unspecified atom stereocenters. The Labute approximate surface area is 180 Å². The van der Waals surface area contributed by atoms with Gasteiger partial charge in [-0.3, -0.25) is 9.36 Å². The van der Waals surface area contributed by atoms with E-state index in [9.17, 15) is 18.0 Å². The highest BCUT2D eigenvalue weighted by Gasteiger charge is 2.27. The minimum Gasteiger partial charge on any atom is -0.408 e. The average Bonchev–Trinajstić information content (AvgIpc) is 3.08. The Morgan fingerprint density at radius 2 is 1.77 bits per heavy atom. The molecule has 1 aliphatic heterocycles. The largest absolute Gasteiger partial charge is 0.419 e. The number of hydrogen-bond donors (Lipinski definition) is 1. The summed E-state index contributed by atoms with van der Waals surface area (Å²) in [5, 5.41) is 2.74. The molecule has 2 heterocycles. The lowest BCUT2D eigenvalue weighted by atomic mass is 10.0. The highest BCUT2D eigenvalue weighted by atomic mass is 32.2. The van der Waals surface area contributed by atoms with E-state index in [1.54, 1.807) is 36.4 Å². The Bertz CT molecular complexity index is 1240. The van der Waals surface area contributed by atoms with E-state index in [1.165, 1.54) is 21.0 Å². The molecule has 2 aromatic carbocycles. The summed E-state index contributed by atoms with van der Waals surface area (Å²) in [6.45, 7) is 3.38.